The van der Waals surface area contributed by atoms with Crippen LogP contribution in [0, 0.1) is 22.7 Å². The fourth-order valence-corrected chi connectivity index (χ4v) is 8.50. The third-order valence-corrected chi connectivity index (χ3v) is 10.6. The van der Waals surface area contributed by atoms with E-state index >= 15 is 0 Å². The lowest BCUT2D eigenvalue weighted by Crippen LogP contribution is -2.63. The maximum absolute atomic E-state index is 12.3. The predicted octanol–water partition coefficient (Wildman–Crippen LogP) is 5.33. The molecule has 196 valence electrons. The minimum absolute atomic E-state index is 0.0788. The van der Waals surface area contributed by atoms with Crippen LogP contribution < -0.4 is 0 Å². The van der Waals surface area contributed by atoms with Crippen molar-refractivity contribution < 1.29 is 28.8 Å². The van der Waals surface area contributed by atoms with Crippen LogP contribution in [0.15, 0.2) is 34.7 Å². The van der Waals surface area contributed by atoms with Gasteiger partial charge in [0, 0.05) is 24.2 Å². The fraction of sp³-hybridized carbons (Fsp3) is 0.793. The molecule has 2 N–H and O–H groups in total. The Morgan fingerprint density at radius 1 is 1.00 bits per heavy atom. The molecule has 35 heavy (non-hydrogen) atoms. The lowest BCUT2D eigenvalue weighted by Gasteiger charge is -2.62. The molecule has 3 fully saturated rings. The van der Waals surface area contributed by atoms with Gasteiger partial charge in [-0.2, -0.15) is 0 Å². The third kappa shape index (κ3) is 3.78. The van der Waals surface area contributed by atoms with Crippen molar-refractivity contribution in [3.63, 3.8) is 0 Å². The van der Waals surface area contributed by atoms with Crippen LogP contribution in [0.5, 0.6) is 0 Å². The third-order valence-electron chi connectivity index (χ3n) is 10.6. The van der Waals surface area contributed by atoms with Gasteiger partial charge in [-0.1, -0.05) is 25.5 Å². The Morgan fingerprint density at radius 2 is 1.77 bits per heavy atom. The number of hydrogen-bond acceptors (Lipinski definition) is 6. The first-order valence-corrected chi connectivity index (χ1v) is 13.8. The van der Waals surface area contributed by atoms with Crippen molar-refractivity contribution in [2.45, 2.75) is 103 Å². The molecule has 3 saturated carbocycles. The first-order valence-electron chi connectivity index (χ1n) is 13.8. The van der Waals surface area contributed by atoms with E-state index in [1.54, 1.807) is 12.5 Å². The summed E-state index contributed by atoms with van der Waals surface area (Å²) in [6.45, 7) is 10.2. The van der Waals surface area contributed by atoms with Gasteiger partial charge in [-0.15, -0.1) is 0 Å². The molecule has 0 bridgehead atoms. The van der Waals surface area contributed by atoms with Gasteiger partial charge in [0.15, 0.2) is 6.29 Å². The summed E-state index contributed by atoms with van der Waals surface area (Å²) >= 11 is 0. The average molecular weight is 489 g/mol. The zero-order valence-electron chi connectivity index (χ0n) is 21.9. The van der Waals surface area contributed by atoms with E-state index in [0.717, 1.165) is 44.1 Å². The summed E-state index contributed by atoms with van der Waals surface area (Å²) in [6.07, 6.45) is 12.5. The molecule has 0 aromatic carbocycles. The van der Waals surface area contributed by atoms with Crippen LogP contribution >= 0.6 is 0 Å². The Kier molecular flexibility index (Phi) is 6.76. The van der Waals surface area contributed by atoms with E-state index in [4.69, 9.17) is 18.6 Å². The van der Waals surface area contributed by atoms with Gasteiger partial charge in [-0.05, 0) is 88.5 Å². The highest BCUT2D eigenvalue weighted by molar-refractivity contribution is 5.33. The van der Waals surface area contributed by atoms with Crippen molar-refractivity contribution in [3.8, 4) is 0 Å². The molecule has 4 aliphatic carbocycles. The van der Waals surface area contributed by atoms with E-state index in [1.165, 1.54) is 5.57 Å². The quantitative estimate of drug-likeness (QED) is 0.380. The zero-order valence-corrected chi connectivity index (χ0v) is 21.9. The van der Waals surface area contributed by atoms with E-state index < -0.39 is 16.6 Å². The van der Waals surface area contributed by atoms with Crippen molar-refractivity contribution >= 4 is 0 Å². The summed E-state index contributed by atoms with van der Waals surface area (Å²) in [7, 11) is 0. The van der Waals surface area contributed by atoms with Crippen molar-refractivity contribution in [2.75, 3.05) is 19.8 Å². The molecule has 0 saturated heterocycles. The normalized spacial score (nSPS) is 42.9. The van der Waals surface area contributed by atoms with Gasteiger partial charge in [-0.3, -0.25) is 0 Å². The van der Waals surface area contributed by atoms with Crippen LogP contribution in [0.2, 0.25) is 0 Å². The highest BCUT2D eigenvalue weighted by Gasteiger charge is 2.71. The minimum atomic E-state index is -1.04. The first-order chi connectivity index (χ1) is 16.7. The van der Waals surface area contributed by atoms with Gasteiger partial charge in [0.25, 0.3) is 0 Å². The number of aliphatic hydroxyl groups is 2. The van der Waals surface area contributed by atoms with Gasteiger partial charge in [0.2, 0.25) is 0 Å². The molecular weight excluding hydrogens is 444 g/mol. The molecule has 0 unspecified atom stereocenters. The Labute approximate surface area is 210 Å². The van der Waals surface area contributed by atoms with Crippen LogP contribution in [0.25, 0.3) is 0 Å². The van der Waals surface area contributed by atoms with Gasteiger partial charge >= 0.3 is 0 Å². The van der Waals surface area contributed by atoms with E-state index in [1.807, 2.05) is 19.9 Å². The molecule has 1 aromatic rings. The molecule has 6 heteroatoms. The Hall–Kier alpha value is -1.18. The standard InChI is InChI=1S/C29H44O6/c1-5-33-25(34-6-2)19-35-22-9-12-26(3)20(17-22)7-8-24-23(26)10-13-27(4)28(30,14-15-29(24,27)31)21-11-16-32-18-21/h11,16-18,22-25,30-31H,5-10,12-15,19H2,1-4H3/t22-,23-,24+,26-,27+,28-,29-/m0/s1. The maximum atomic E-state index is 12.3. The Morgan fingerprint density at radius 3 is 2.46 bits per heavy atom. The SMILES string of the molecule is CCOC(CO[C@@H]1C=C2CC[C@@H]3[C@H](CC[C@]4(C)[C@@](O)(c5ccoc5)CC[C@]34O)[C@@]2(C)CC1)OCC. The van der Waals surface area contributed by atoms with Gasteiger partial charge < -0.3 is 28.8 Å². The number of hydrogen-bond donors (Lipinski definition) is 2. The number of furan rings is 1. The molecular formula is C29H44O6. The van der Waals surface area contributed by atoms with Crippen LogP contribution in [0.3, 0.4) is 0 Å². The van der Waals surface area contributed by atoms with Crippen molar-refractivity contribution in [2.24, 2.45) is 22.7 Å². The summed E-state index contributed by atoms with van der Waals surface area (Å²) in [5, 5.41) is 24.2. The van der Waals surface area contributed by atoms with Crippen LogP contribution in [-0.4, -0.2) is 48.0 Å². The lowest BCUT2D eigenvalue weighted by molar-refractivity contribution is -0.222. The highest BCUT2D eigenvalue weighted by atomic mass is 16.7. The molecule has 5 rings (SSSR count). The van der Waals surface area contributed by atoms with Crippen LogP contribution in [-0.2, 0) is 19.8 Å². The molecule has 0 aliphatic heterocycles. The van der Waals surface area contributed by atoms with Gasteiger partial charge in [-0.25, -0.2) is 0 Å². The molecule has 1 aromatic heterocycles. The maximum Gasteiger partial charge on any atom is 0.180 e. The second kappa shape index (κ2) is 9.29. The van der Waals surface area contributed by atoms with Crippen molar-refractivity contribution in [1.29, 1.82) is 0 Å². The van der Waals surface area contributed by atoms with Crippen LogP contribution in [0.4, 0.5) is 0 Å². The molecule has 6 nitrogen and oxygen atoms in total. The summed E-state index contributed by atoms with van der Waals surface area (Å²) in [5.41, 5.74) is -0.0978. The molecule has 0 radical (unpaired) electrons. The van der Waals surface area contributed by atoms with Crippen molar-refractivity contribution in [3.05, 3.63) is 35.8 Å². The molecule has 7 atom stereocenters. The summed E-state index contributed by atoms with van der Waals surface area (Å²) in [4.78, 5) is 0. The smallest absolute Gasteiger partial charge is 0.180 e. The van der Waals surface area contributed by atoms with E-state index in [-0.39, 0.29) is 23.7 Å². The number of fused-ring (bicyclic) bond motifs is 5. The molecule has 4 aliphatic rings. The van der Waals surface area contributed by atoms with E-state index in [9.17, 15) is 10.2 Å². The number of allylic oxidation sites excluding steroid dienone is 1. The second-order valence-electron chi connectivity index (χ2n) is 11.8. The monoisotopic (exact) mass is 488 g/mol. The summed E-state index contributed by atoms with van der Waals surface area (Å²) in [5.74, 6) is 0.620. The molecule has 0 amide bonds. The summed E-state index contributed by atoms with van der Waals surface area (Å²) in [6, 6.07) is 1.87. The molecule has 1 heterocycles. The Balaban J connectivity index is 1.34. The Bertz CT molecular complexity index is 906. The summed E-state index contributed by atoms with van der Waals surface area (Å²) < 4.78 is 22.9. The second-order valence-corrected chi connectivity index (χ2v) is 11.8. The van der Waals surface area contributed by atoms with E-state index in [2.05, 4.69) is 19.9 Å². The van der Waals surface area contributed by atoms with E-state index in [0.29, 0.717) is 38.6 Å². The number of rotatable bonds is 8. The first kappa shape index (κ1) is 25.5. The minimum Gasteiger partial charge on any atom is -0.472 e. The molecule has 0 spiro atoms. The fourth-order valence-electron chi connectivity index (χ4n) is 8.50. The topological polar surface area (TPSA) is 81.3 Å². The van der Waals surface area contributed by atoms with Crippen LogP contribution in [0.1, 0.15) is 84.6 Å². The van der Waals surface area contributed by atoms with Gasteiger partial charge in [0.05, 0.1) is 30.8 Å². The predicted molar refractivity (Wildman–Crippen MR) is 133 cm³/mol. The number of ether oxygens (including phenoxy) is 3. The lowest BCUT2D eigenvalue weighted by atomic mass is 9.44. The highest BCUT2D eigenvalue weighted by Crippen LogP contribution is 2.71. The van der Waals surface area contributed by atoms with Gasteiger partial charge in [0.1, 0.15) is 5.60 Å². The van der Waals surface area contributed by atoms with Crippen molar-refractivity contribution in [1.82, 2.24) is 0 Å². The average Bonchev–Trinajstić information content (AvgIpc) is 3.45. The largest absolute Gasteiger partial charge is 0.472 e. The zero-order chi connectivity index (χ0) is 24.9.